The molecule has 0 aromatic heterocycles. The van der Waals surface area contributed by atoms with Gasteiger partial charge in [0.25, 0.3) is 0 Å². The van der Waals surface area contributed by atoms with Gasteiger partial charge in [0.2, 0.25) is 5.91 Å². The average molecular weight is 531 g/mol. The fourth-order valence-corrected chi connectivity index (χ4v) is 5.52. The van der Waals surface area contributed by atoms with Crippen LogP contribution in [-0.2, 0) is 19.9 Å². The van der Waals surface area contributed by atoms with Crippen LogP contribution in [0, 0.1) is 0 Å². The summed E-state index contributed by atoms with van der Waals surface area (Å²) in [5, 5.41) is 13.2. The van der Waals surface area contributed by atoms with E-state index in [0.717, 1.165) is 31.5 Å². The minimum Gasteiger partial charge on any atom is -0.490 e. The van der Waals surface area contributed by atoms with E-state index < -0.39 is 6.10 Å². The Bertz CT molecular complexity index is 1280. The summed E-state index contributed by atoms with van der Waals surface area (Å²) in [6, 6.07) is 22.6. The summed E-state index contributed by atoms with van der Waals surface area (Å²) < 4.78 is 17.4. The molecular formula is C32H38N2O5. The maximum Gasteiger partial charge on any atom is 0.246 e. The number of carbonyl (C=O) groups excluding carboxylic acids is 1. The maximum atomic E-state index is 12.5. The number of ether oxygens (including phenoxy) is 3. The molecule has 3 aromatic rings. The van der Waals surface area contributed by atoms with E-state index in [4.69, 9.17) is 14.2 Å². The Morgan fingerprint density at radius 1 is 1.00 bits per heavy atom. The van der Waals surface area contributed by atoms with Gasteiger partial charge in [0.15, 0.2) is 0 Å². The van der Waals surface area contributed by atoms with Crippen LogP contribution in [0.5, 0.6) is 5.75 Å². The second-order valence-electron chi connectivity index (χ2n) is 10.3. The quantitative estimate of drug-likeness (QED) is 0.421. The summed E-state index contributed by atoms with van der Waals surface area (Å²) in [7, 11) is 1.80. The highest BCUT2D eigenvalue weighted by atomic mass is 16.5. The van der Waals surface area contributed by atoms with Crippen LogP contribution in [0.1, 0.15) is 24.0 Å². The average Bonchev–Trinajstić information content (AvgIpc) is 3.00. The number of hydrogen-bond acceptors (Lipinski definition) is 6. The van der Waals surface area contributed by atoms with Crippen LogP contribution in [0.2, 0.25) is 0 Å². The lowest BCUT2D eigenvalue weighted by Gasteiger charge is -2.41. The van der Waals surface area contributed by atoms with Crippen LogP contribution in [0.15, 0.2) is 72.8 Å². The van der Waals surface area contributed by atoms with Gasteiger partial charge < -0.3 is 29.1 Å². The topological polar surface area (TPSA) is 71.5 Å². The predicted octanol–water partition coefficient (Wildman–Crippen LogP) is 4.09. The van der Waals surface area contributed by atoms with Crippen LogP contribution >= 0.6 is 0 Å². The minimum atomic E-state index is -0.632. The van der Waals surface area contributed by atoms with Gasteiger partial charge in [-0.3, -0.25) is 4.79 Å². The van der Waals surface area contributed by atoms with Crippen LogP contribution < -0.4 is 4.74 Å². The first kappa shape index (κ1) is 27.3. The van der Waals surface area contributed by atoms with Crippen molar-refractivity contribution in [2.24, 2.45) is 0 Å². The highest BCUT2D eigenvalue weighted by Gasteiger charge is 2.36. The third-order valence-corrected chi connectivity index (χ3v) is 7.88. The second-order valence-corrected chi connectivity index (χ2v) is 10.3. The van der Waals surface area contributed by atoms with Crippen molar-refractivity contribution in [1.29, 1.82) is 0 Å². The molecule has 2 saturated heterocycles. The van der Waals surface area contributed by atoms with Crippen molar-refractivity contribution in [3.63, 3.8) is 0 Å². The van der Waals surface area contributed by atoms with Crippen molar-refractivity contribution in [1.82, 2.24) is 9.80 Å². The molecule has 0 radical (unpaired) electrons. The predicted molar refractivity (Wildman–Crippen MR) is 153 cm³/mol. The van der Waals surface area contributed by atoms with Gasteiger partial charge in [-0.15, -0.1) is 0 Å². The first-order valence-corrected chi connectivity index (χ1v) is 13.8. The summed E-state index contributed by atoms with van der Waals surface area (Å²) in [5.74, 6) is 0.616. The van der Waals surface area contributed by atoms with E-state index in [1.54, 1.807) is 24.2 Å². The molecule has 7 heteroatoms. The van der Waals surface area contributed by atoms with Crippen LogP contribution in [0.25, 0.3) is 16.8 Å². The van der Waals surface area contributed by atoms with E-state index in [1.807, 2.05) is 24.3 Å². The number of para-hydroxylation sites is 1. The number of hydrogen-bond donors (Lipinski definition) is 1. The molecule has 3 aromatic carbocycles. The lowest BCUT2D eigenvalue weighted by Crippen LogP contribution is -2.46. The standard InChI is InChI=1S/C32H38N2O5/c1-37-32(28-12-10-25-6-2-3-8-27(25)22-28)14-16-33(17-15-32)23-29(35)24-39-30-9-5-4-7-26(30)11-13-31(36)34-18-20-38-21-19-34/h2-13,22,29,35H,14-21,23-24H2,1H3. The van der Waals surface area contributed by atoms with E-state index in [0.29, 0.717) is 38.6 Å². The van der Waals surface area contributed by atoms with Crippen LogP contribution in [0.4, 0.5) is 0 Å². The van der Waals surface area contributed by atoms with E-state index >= 15 is 0 Å². The molecule has 206 valence electrons. The fraction of sp³-hybridized carbons (Fsp3) is 0.406. The summed E-state index contributed by atoms with van der Waals surface area (Å²) in [4.78, 5) is 16.5. The number of nitrogens with zero attached hydrogens (tertiary/aromatic N) is 2. The molecule has 2 aliphatic heterocycles. The molecule has 5 rings (SSSR count). The molecule has 2 aliphatic rings. The van der Waals surface area contributed by atoms with E-state index in [1.165, 1.54) is 16.3 Å². The van der Waals surface area contributed by atoms with Crippen molar-refractivity contribution in [2.45, 2.75) is 24.5 Å². The number of fused-ring (bicyclic) bond motifs is 1. The Kier molecular flexibility index (Phi) is 8.94. The normalized spacial score (nSPS) is 18.9. The Hall–Kier alpha value is -3.23. The van der Waals surface area contributed by atoms with Gasteiger partial charge in [0, 0.05) is 51.5 Å². The molecule has 2 heterocycles. The number of likely N-dealkylation sites (tertiary alicyclic amines) is 1. The summed E-state index contributed by atoms with van der Waals surface area (Å²) >= 11 is 0. The van der Waals surface area contributed by atoms with Gasteiger partial charge in [-0.25, -0.2) is 0 Å². The minimum absolute atomic E-state index is 0.0333. The molecular weight excluding hydrogens is 492 g/mol. The number of benzene rings is 3. The molecule has 1 amide bonds. The third kappa shape index (κ3) is 6.68. The molecule has 0 bridgehead atoms. The Balaban J connectivity index is 1.13. The zero-order valence-electron chi connectivity index (χ0n) is 22.6. The Morgan fingerprint density at radius 3 is 2.49 bits per heavy atom. The van der Waals surface area contributed by atoms with Crippen molar-refractivity contribution in [3.8, 4) is 5.75 Å². The molecule has 7 nitrogen and oxygen atoms in total. The van der Waals surface area contributed by atoms with E-state index in [-0.39, 0.29) is 18.1 Å². The van der Waals surface area contributed by atoms with Crippen molar-refractivity contribution < 1.29 is 24.1 Å². The van der Waals surface area contributed by atoms with Gasteiger partial charge in [-0.2, -0.15) is 0 Å². The van der Waals surface area contributed by atoms with Crippen LogP contribution in [-0.4, -0.2) is 86.6 Å². The highest BCUT2D eigenvalue weighted by Crippen LogP contribution is 2.37. The number of carbonyl (C=O) groups is 1. The second kappa shape index (κ2) is 12.7. The van der Waals surface area contributed by atoms with E-state index in [9.17, 15) is 9.90 Å². The lowest BCUT2D eigenvalue weighted by molar-refractivity contribution is -0.129. The number of rotatable bonds is 9. The third-order valence-electron chi connectivity index (χ3n) is 7.88. The number of aliphatic hydroxyl groups is 1. The first-order chi connectivity index (χ1) is 19.1. The molecule has 1 atom stereocenters. The van der Waals surface area contributed by atoms with Crippen LogP contribution in [0.3, 0.4) is 0 Å². The SMILES string of the molecule is COC1(c2ccc3ccccc3c2)CCN(CC(O)COc2ccccc2C=CC(=O)N2CCOCC2)CC1. The van der Waals surface area contributed by atoms with Gasteiger partial charge in [0.1, 0.15) is 18.5 Å². The molecule has 0 saturated carbocycles. The molecule has 2 fully saturated rings. The zero-order valence-corrected chi connectivity index (χ0v) is 22.6. The van der Waals surface area contributed by atoms with Gasteiger partial charge in [-0.1, -0.05) is 54.6 Å². The Labute approximate surface area is 230 Å². The van der Waals surface area contributed by atoms with Gasteiger partial charge >= 0.3 is 0 Å². The van der Waals surface area contributed by atoms with Crippen molar-refractivity contribution in [2.75, 3.05) is 59.7 Å². The largest absolute Gasteiger partial charge is 0.490 e. The lowest BCUT2D eigenvalue weighted by atomic mass is 9.83. The van der Waals surface area contributed by atoms with E-state index in [2.05, 4.69) is 47.4 Å². The molecule has 39 heavy (non-hydrogen) atoms. The van der Waals surface area contributed by atoms with Crippen molar-refractivity contribution in [3.05, 3.63) is 83.9 Å². The number of aliphatic hydroxyl groups excluding tert-OH is 1. The summed E-state index contributed by atoms with van der Waals surface area (Å²) in [6.07, 6.45) is 4.45. The molecule has 1 N–H and O–H groups in total. The number of methoxy groups -OCH3 is 1. The summed E-state index contributed by atoms with van der Waals surface area (Å²) in [6.45, 7) is 4.75. The monoisotopic (exact) mass is 530 g/mol. The first-order valence-electron chi connectivity index (χ1n) is 13.8. The Morgan fingerprint density at radius 2 is 1.72 bits per heavy atom. The van der Waals surface area contributed by atoms with Gasteiger partial charge in [-0.05, 0) is 47.4 Å². The number of amides is 1. The van der Waals surface area contributed by atoms with Gasteiger partial charge in [0.05, 0.1) is 18.8 Å². The number of piperidine rings is 1. The number of morpholine rings is 1. The number of β-amino-alcohol motifs (C(OH)–C–C–N with tert-alkyl or cyclic N) is 1. The van der Waals surface area contributed by atoms with Crippen molar-refractivity contribution >= 4 is 22.8 Å². The zero-order chi connectivity index (χ0) is 27.1. The highest BCUT2D eigenvalue weighted by molar-refractivity contribution is 5.92. The fourth-order valence-electron chi connectivity index (χ4n) is 5.52. The molecule has 1 unspecified atom stereocenters. The molecule has 0 aliphatic carbocycles. The maximum absolute atomic E-state index is 12.5. The smallest absolute Gasteiger partial charge is 0.246 e. The summed E-state index contributed by atoms with van der Waals surface area (Å²) in [5.41, 5.74) is 1.71. The molecule has 0 spiro atoms.